The predicted molar refractivity (Wildman–Crippen MR) is 67.6 cm³/mol. The van der Waals surface area contributed by atoms with Crippen LogP contribution in [0.5, 0.6) is 0 Å². The van der Waals surface area contributed by atoms with E-state index in [1.54, 1.807) is 6.26 Å². The molecule has 2 rings (SSSR count). The van der Waals surface area contributed by atoms with Crippen molar-refractivity contribution in [3.05, 3.63) is 34.7 Å². The van der Waals surface area contributed by atoms with Gasteiger partial charge in [0.15, 0.2) is 12.0 Å². The molecule has 4 heteroatoms. The van der Waals surface area contributed by atoms with Crippen LogP contribution in [0.25, 0.3) is 11.5 Å². The quantitative estimate of drug-likeness (QED) is 0.772. The van der Waals surface area contributed by atoms with E-state index in [9.17, 15) is 4.79 Å². The van der Waals surface area contributed by atoms with Crippen LogP contribution in [0.15, 0.2) is 22.8 Å². The number of carbonyl (C=O) groups excluding carboxylic acids is 1. The molecule has 0 aliphatic carbocycles. The number of rotatable bonds is 4. The second kappa shape index (κ2) is 4.80. The van der Waals surface area contributed by atoms with Gasteiger partial charge >= 0.3 is 0 Å². The monoisotopic (exact) mass is 251 g/mol. The van der Waals surface area contributed by atoms with Crippen LogP contribution in [0, 0.1) is 6.92 Å². The third-order valence-electron chi connectivity index (χ3n) is 2.83. The Balaban J connectivity index is 2.67. The van der Waals surface area contributed by atoms with Crippen molar-refractivity contribution in [2.75, 3.05) is 0 Å². The van der Waals surface area contributed by atoms with Crippen molar-refractivity contribution in [2.24, 2.45) is 0 Å². The highest BCUT2D eigenvalue weighted by atomic mass is 35.5. The first-order valence-electron chi connectivity index (χ1n) is 5.58. The fraction of sp³-hybridized carbons (Fsp3) is 0.308. The lowest BCUT2D eigenvalue weighted by Gasteiger charge is -2.08. The molecule has 3 nitrogen and oxygen atoms in total. The number of hydrogen-bond donors (Lipinski definition) is 0. The Labute approximate surface area is 105 Å². The van der Waals surface area contributed by atoms with E-state index in [0.717, 1.165) is 30.6 Å². The number of aromatic nitrogens is 1. The Bertz CT molecular complexity index is 526. The molecule has 0 aliphatic heterocycles. The zero-order valence-electron chi connectivity index (χ0n) is 9.87. The highest BCUT2D eigenvalue weighted by molar-refractivity contribution is 6.35. The molecule has 0 radical (unpaired) electrons. The lowest BCUT2D eigenvalue weighted by molar-refractivity contribution is 0.112. The molecule has 2 aromatic rings. The van der Waals surface area contributed by atoms with E-state index in [0.29, 0.717) is 16.3 Å². The Morgan fingerprint density at radius 3 is 2.82 bits per heavy atom. The Hall–Kier alpha value is -1.48. The van der Waals surface area contributed by atoms with Crippen molar-refractivity contribution in [3.8, 4) is 11.5 Å². The van der Waals surface area contributed by atoms with E-state index in [2.05, 4.69) is 6.92 Å². The van der Waals surface area contributed by atoms with Crippen LogP contribution in [-0.2, 0) is 6.54 Å². The molecule has 0 fully saturated rings. The largest absolute Gasteiger partial charge is 0.463 e. The summed E-state index contributed by atoms with van der Waals surface area (Å²) in [6.45, 7) is 4.80. The van der Waals surface area contributed by atoms with E-state index < -0.39 is 0 Å². The summed E-state index contributed by atoms with van der Waals surface area (Å²) >= 11 is 6.25. The summed E-state index contributed by atoms with van der Waals surface area (Å²) in [4.78, 5) is 11.1. The molecular weight excluding hydrogens is 238 g/mol. The lowest BCUT2D eigenvalue weighted by Crippen LogP contribution is -2.01. The van der Waals surface area contributed by atoms with Gasteiger partial charge in [-0.3, -0.25) is 4.79 Å². The van der Waals surface area contributed by atoms with Crippen LogP contribution >= 0.6 is 11.6 Å². The van der Waals surface area contributed by atoms with Crippen LogP contribution in [0.3, 0.4) is 0 Å². The van der Waals surface area contributed by atoms with Crippen molar-refractivity contribution in [2.45, 2.75) is 26.8 Å². The van der Waals surface area contributed by atoms with Crippen LogP contribution in [0.1, 0.15) is 29.4 Å². The first-order valence-corrected chi connectivity index (χ1v) is 5.96. The Morgan fingerprint density at radius 1 is 1.53 bits per heavy atom. The zero-order valence-corrected chi connectivity index (χ0v) is 10.6. The van der Waals surface area contributed by atoms with E-state index >= 15 is 0 Å². The summed E-state index contributed by atoms with van der Waals surface area (Å²) in [5.74, 6) is 0.694. The maximum atomic E-state index is 11.1. The molecule has 0 aliphatic rings. The molecule has 0 N–H and O–H groups in total. The van der Waals surface area contributed by atoms with Gasteiger partial charge in [-0.2, -0.15) is 0 Å². The Morgan fingerprint density at radius 2 is 2.29 bits per heavy atom. The van der Waals surface area contributed by atoms with E-state index in [-0.39, 0.29) is 0 Å². The number of nitrogens with zero attached hydrogens (tertiary/aromatic N) is 1. The summed E-state index contributed by atoms with van der Waals surface area (Å²) in [5.41, 5.74) is 2.22. The van der Waals surface area contributed by atoms with E-state index in [1.165, 1.54) is 0 Å². The summed E-state index contributed by atoms with van der Waals surface area (Å²) in [7, 11) is 0. The number of carbonyl (C=O) groups is 1. The number of aldehydes is 1. The number of hydrogen-bond acceptors (Lipinski definition) is 2. The lowest BCUT2D eigenvalue weighted by atomic mass is 10.2. The fourth-order valence-corrected chi connectivity index (χ4v) is 2.39. The number of halogens is 1. The van der Waals surface area contributed by atoms with E-state index in [4.69, 9.17) is 16.0 Å². The molecule has 0 amide bonds. The van der Waals surface area contributed by atoms with Gasteiger partial charge in [-0.1, -0.05) is 18.5 Å². The molecule has 0 spiro atoms. The first-order chi connectivity index (χ1) is 8.20. The molecular formula is C13H14ClNO2. The molecule has 17 heavy (non-hydrogen) atoms. The second-order valence-electron chi connectivity index (χ2n) is 3.91. The second-order valence-corrected chi connectivity index (χ2v) is 4.29. The van der Waals surface area contributed by atoms with Gasteiger partial charge in [0.1, 0.15) is 5.69 Å². The standard InChI is InChI=1S/C13H14ClNO2/c1-3-6-15-9(2)10(8-16)12(14)13(15)11-5-4-7-17-11/h4-5,7-8H,3,6H2,1-2H3. The zero-order chi connectivity index (χ0) is 12.4. The third-order valence-corrected chi connectivity index (χ3v) is 3.21. The molecule has 2 heterocycles. The van der Waals surface area contributed by atoms with E-state index in [1.807, 2.05) is 23.6 Å². The van der Waals surface area contributed by atoms with Crippen molar-refractivity contribution in [1.82, 2.24) is 4.57 Å². The van der Waals surface area contributed by atoms with Crippen molar-refractivity contribution >= 4 is 17.9 Å². The van der Waals surface area contributed by atoms with Crippen molar-refractivity contribution in [1.29, 1.82) is 0 Å². The van der Waals surface area contributed by atoms with Gasteiger partial charge in [0.2, 0.25) is 0 Å². The van der Waals surface area contributed by atoms with Crippen LogP contribution < -0.4 is 0 Å². The highest BCUT2D eigenvalue weighted by Gasteiger charge is 2.20. The summed E-state index contributed by atoms with van der Waals surface area (Å²) in [6.07, 6.45) is 3.37. The molecule has 0 saturated carbocycles. The summed E-state index contributed by atoms with van der Waals surface area (Å²) in [6, 6.07) is 3.66. The smallest absolute Gasteiger partial charge is 0.153 e. The van der Waals surface area contributed by atoms with Crippen molar-refractivity contribution in [3.63, 3.8) is 0 Å². The molecule has 0 aromatic carbocycles. The topological polar surface area (TPSA) is 35.1 Å². The van der Waals surface area contributed by atoms with Crippen LogP contribution in [0.2, 0.25) is 5.02 Å². The van der Waals surface area contributed by atoms with Gasteiger partial charge in [-0.25, -0.2) is 0 Å². The molecule has 2 aromatic heterocycles. The maximum absolute atomic E-state index is 11.1. The van der Waals surface area contributed by atoms with Crippen LogP contribution in [-0.4, -0.2) is 10.9 Å². The first kappa shape index (κ1) is 12.0. The highest BCUT2D eigenvalue weighted by Crippen LogP contribution is 2.35. The minimum Gasteiger partial charge on any atom is -0.463 e. The van der Waals surface area contributed by atoms with Gasteiger partial charge < -0.3 is 8.98 Å². The SMILES string of the molecule is CCCn1c(C)c(C=O)c(Cl)c1-c1ccco1. The normalized spacial score (nSPS) is 10.8. The molecule has 0 unspecified atom stereocenters. The van der Waals surface area contributed by atoms with Gasteiger partial charge in [-0.05, 0) is 25.5 Å². The fourth-order valence-electron chi connectivity index (χ4n) is 2.01. The maximum Gasteiger partial charge on any atom is 0.153 e. The van der Waals surface area contributed by atoms with Gasteiger partial charge in [0.25, 0.3) is 0 Å². The molecule has 0 bridgehead atoms. The minimum absolute atomic E-state index is 0.473. The minimum atomic E-state index is 0.473. The summed E-state index contributed by atoms with van der Waals surface area (Å²) < 4.78 is 7.41. The average Bonchev–Trinajstić information content (AvgIpc) is 2.88. The number of furan rings is 1. The van der Waals surface area contributed by atoms with Crippen molar-refractivity contribution < 1.29 is 9.21 Å². The van der Waals surface area contributed by atoms with Gasteiger partial charge in [0.05, 0.1) is 16.8 Å². The Kier molecular flexibility index (Phi) is 3.38. The predicted octanol–water partition coefficient (Wildman–Crippen LogP) is 3.93. The van der Waals surface area contributed by atoms with Crippen LogP contribution in [0.4, 0.5) is 0 Å². The van der Waals surface area contributed by atoms with Gasteiger partial charge in [-0.15, -0.1) is 0 Å². The van der Waals surface area contributed by atoms with Gasteiger partial charge in [0, 0.05) is 12.2 Å². The summed E-state index contributed by atoms with van der Waals surface area (Å²) in [5, 5.41) is 0.473. The third kappa shape index (κ3) is 1.91. The molecule has 0 atom stereocenters. The average molecular weight is 252 g/mol. The molecule has 90 valence electrons. The molecule has 0 saturated heterocycles.